The van der Waals surface area contributed by atoms with Crippen LogP contribution in [-0.4, -0.2) is 21.5 Å². The first-order valence-corrected chi connectivity index (χ1v) is 6.57. The van der Waals surface area contributed by atoms with Crippen LogP contribution in [0.3, 0.4) is 0 Å². The van der Waals surface area contributed by atoms with Crippen LogP contribution in [0.4, 0.5) is 0 Å². The van der Waals surface area contributed by atoms with Crippen molar-refractivity contribution in [1.29, 1.82) is 0 Å². The Bertz CT molecular complexity index is 576. The predicted molar refractivity (Wildman–Crippen MR) is 75.4 cm³/mol. The highest BCUT2D eigenvalue weighted by molar-refractivity contribution is 5.81. The third-order valence-electron chi connectivity index (χ3n) is 3.24. The number of nitrogens with zero attached hydrogens (tertiary/aromatic N) is 2. The lowest BCUT2D eigenvalue weighted by Crippen LogP contribution is -2.40. The van der Waals surface area contributed by atoms with Gasteiger partial charge in [0.25, 0.3) is 0 Å². The number of amides is 1. The largest absolute Gasteiger partial charge is 0.348 e. The van der Waals surface area contributed by atoms with Gasteiger partial charge >= 0.3 is 0 Å². The SMILES string of the molecule is CCCC(N)C(=O)NCc1nc2ccccc2n1C. The normalized spacial score (nSPS) is 12.6. The van der Waals surface area contributed by atoms with Crippen LogP contribution in [0.1, 0.15) is 25.6 Å². The molecule has 1 heterocycles. The molecule has 1 atom stereocenters. The van der Waals surface area contributed by atoms with Crippen LogP contribution in [0.2, 0.25) is 0 Å². The molecular formula is C14H20N4O. The fraction of sp³-hybridized carbons (Fsp3) is 0.429. The molecule has 0 radical (unpaired) electrons. The number of hydrogen-bond donors (Lipinski definition) is 2. The van der Waals surface area contributed by atoms with Gasteiger partial charge in [0.2, 0.25) is 5.91 Å². The highest BCUT2D eigenvalue weighted by Crippen LogP contribution is 2.13. The van der Waals surface area contributed by atoms with Crippen LogP contribution >= 0.6 is 0 Å². The van der Waals surface area contributed by atoms with E-state index in [-0.39, 0.29) is 5.91 Å². The zero-order chi connectivity index (χ0) is 13.8. The summed E-state index contributed by atoms with van der Waals surface area (Å²) < 4.78 is 1.99. The summed E-state index contributed by atoms with van der Waals surface area (Å²) in [5.74, 6) is 0.715. The monoisotopic (exact) mass is 260 g/mol. The minimum Gasteiger partial charge on any atom is -0.348 e. The van der Waals surface area contributed by atoms with Crippen molar-refractivity contribution in [3.63, 3.8) is 0 Å². The van der Waals surface area contributed by atoms with E-state index in [2.05, 4.69) is 10.3 Å². The van der Waals surface area contributed by atoms with Crippen molar-refractivity contribution in [2.75, 3.05) is 0 Å². The first-order valence-electron chi connectivity index (χ1n) is 6.57. The van der Waals surface area contributed by atoms with Gasteiger partial charge in [0, 0.05) is 7.05 Å². The van der Waals surface area contributed by atoms with Gasteiger partial charge in [0.05, 0.1) is 23.6 Å². The highest BCUT2D eigenvalue weighted by atomic mass is 16.2. The summed E-state index contributed by atoms with van der Waals surface area (Å²) >= 11 is 0. The van der Waals surface area contributed by atoms with E-state index in [1.807, 2.05) is 42.8 Å². The van der Waals surface area contributed by atoms with Crippen molar-refractivity contribution in [2.45, 2.75) is 32.4 Å². The molecule has 102 valence electrons. The second-order valence-electron chi connectivity index (χ2n) is 4.69. The Morgan fingerprint density at radius 3 is 2.89 bits per heavy atom. The highest BCUT2D eigenvalue weighted by Gasteiger charge is 2.13. The number of imidazole rings is 1. The number of rotatable bonds is 5. The minimum absolute atomic E-state index is 0.117. The van der Waals surface area contributed by atoms with Gasteiger partial charge in [-0.3, -0.25) is 4.79 Å². The molecule has 2 aromatic rings. The molecule has 0 aliphatic rings. The standard InChI is InChI=1S/C14H20N4O/c1-3-6-10(15)14(19)16-9-13-17-11-7-4-5-8-12(11)18(13)2/h4-5,7-8,10H,3,6,9,15H2,1-2H3,(H,16,19). The lowest BCUT2D eigenvalue weighted by Gasteiger charge is -2.10. The Balaban J connectivity index is 2.06. The number of nitrogens with two attached hydrogens (primary N) is 1. The molecule has 0 fully saturated rings. The Morgan fingerprint density at radius 1 is 1.47 bits per heavy atom. The molecule has 0 aliphatic carbocycles. The maximum Gasteiger partial charge on any atom is 0.237 e. The van der Waals surface area contributed by atoms with Gasteiger partial charge < -0.3 is 15.6 Å². The van der Waals surface area contributed by atoms with Gasteiger partial charge in [-0.2, -0.15) is 0 Å². The van der Waals surface area contributed by atoms with Crippen LogP contribution in [0, 0.1) is 0 Å². The van der Waals surface area contributed by atoms with E-state index >= 15 is 0 Å². The summed E-state index contributed by atoms with van der Waals surface area (Å²) in [7, 11) is 1.95. The molecule has 0 bridgehead atoms. The zero-order valence-electron chi connectivity index (χ0n) is 11.4. The average molecular weight is 260 g/mol. The van der Waals surface area contributed by atoms with Crippen molar-refractivity contribution in [3.05, 3.63) is 30.1 Å². The molecule has 1 unspecified atom stereocenters. The Morgan fingerprint density at radius 2 is 2.21 bits per heavy atom. The topological polar surface area (TPSA) is 72.9 Å². The second kappa shape index (κ2) is 5.84. The smallest absolute Gasteiger partial charge is 0.237 e. The second-order valence-corrected chi connectivity index (χ2v) is 4.69. The number of nitrogens with one attached hydrogen (secondary N) is 1. The van der Waals surface area contributed by atoms with E-state index in [1.54, 1.807) is 0 Å². The molecule has 5 nitrogen and oxygen atoms in total. The van der Waals surface area contributed by atoms with Gasteiger partial charge in [0.15, 0.2) is 0 Å². The van der Waals surface area contributed by atoms with Crippen LogP contribution in [0.15, 0.2) is 24.3 Å². The number of aromatic nitrogens is 2. The molecule has 0 saturated carbocycles. The molecule has 5 heteroatoms. The van der Waals surface area contributed by atoms with Crippen molar-refractivity contribution in [2.24, 2.45) is 12.8 Å². The Kier molecular flexibility index (Phi) is 4.16. The third-order valence-corrected chi connectivity index (χ3v) is 3.24. The maximum absolute atomic E-state index is 11.8. The molecule has 19 heavy (non-hydrogen) atoms. The van der Waals surface area contributed by atoms with E-state index in [0.717, 1.165) is 23.3 Å². The third kappa shape index (κ3) is 2.93. The van der Waals surface area contributed by atoms with Gasteiger partial charge in [0.1, 0.15) is 5.82 Å². The summed E-state index contributed by atoms with van der Waals surface area (Å²) in [6.07, 6.45) is 1.61. The lowest BCUT2D eigenvalue weighted by molar-refractivity contribution is -0.122. The number of para-hydroxylation sites is 2. The Labute approximate surface area is 112 Å². The molecule has 0 saturated heterocycles. The van der Waals surface area contributed by atoms with Crippen molar-refractivity contribution in [3.8, 4) is 0 Å². The van der Waals surface area contributed by atoms with E-state index in [4.69, 9.17) is 5.73 Å². The van der Waals surface area contributed by atoms with Crippen LogP contribution < -0.4 is 11.1 Å². The number of fused-ring (bicyclic) bond motifs is 1. The van der Waals surface area contributed by atoms with Gasteiger partial charge in [-0.25, -0.2) is 4.98 Å². The summed E-state index contributed by atoms with van der Waals surface area (Å²) in [5.41, 5.74) is 7.76. The summed E-state index contributed by atoms with van der Waals surface area (Å²) in [4.78, 5) is 16.3. The molecular weight excluding hydrogens is 240 g/mol. The van der Waals surface area contributed by atoms with E-state index in [9.17, 15) is 4.79 Å². The van der Waals surface area contributed by atoms with Gasteiger partial charge in [-0.1, -0.05) is 25.5 Å². The van der Waals surface area contributed by atoms with E-state index in [1.165, 1.54) is 0 Å². The molecule has 1 aromatic carbocycles. The van der Waals surface area contributed by atoms with Crippen LogP contribution in [0.25, 0.3) is 11.0 Å². The van der Waals surface area contributed by atoms with E-state index < -0.39 is 6.04 Å². The number of carbonyl (C=O) groups excluding carboxylic acids is 1. The maximum atomic E-state index is 11.8. The minimum atomic E-state index is -0.431. The summed E-state index contributed by atoms with van der Waals surface area (Å²) in [6, 6.07) is 7.47. The van der Waals surface area contributed by atoms with Crippen molar-refractivity contribution >= 4 is 16.9 Å². The van der Waals surface area contributed by atoms with Crippen LogP contribution in [0.5, 0.6) is 0 Å². The molecule has 0 aliphatic heterocycles. The molecule has 0 spiro atoms. The van der Waals surface area contributed by atoms with Gasteiger partial charge in [-0.15, -0.1) is 0 Å². The quantitative estimate of drug-likeness (QED) is 0.851. The first kappa shape index (κ1) is 13.5. The fourth-order valence-corrected chi connectivity index (χ4v) is 2.09. The molecule has 1 amide bonds. The molecule has 3 N–H and O–H groups in total. The zero-order valence-corrected chi connectivity index (χ0v) is 11.4. The summed E-state index contributed by atoms with van der Waals surface area (Å²) in [6.45, 7) is 2.42. The van der Waals surface area contributed by atoms with E-state index in [0.29, 0.717) is 13.0 Å². The van der Waals surface area contributed by atoms with Crippen LogP contribution in [-0.2, 0) is 18.4 Å². The number of hydrogen-bond acceptors (Lipinski definition) is 3. The number of benzene rings is 1. The van der Waals surface area contributed by atoms with Crippen molar-refractivity contribution in [1.82, 2.24) is 14.9 Å². The van der Waals surface area contributed by atoms with Gasteiger partial charge in [-0.05, 0) is 18.6 Å². The summed E-state index contributed by atoms with van der Waals surface area (Å²) in [5, 5.41) is 2.84. The predicted octanol–water partition coefficient (Wildman–Crippen LogP) is 1.32. The molecule has 1 aromatic heterocycles. The lowest BCUT2D eigenvalue weighted by atomic mass is 10.2. The van der Waals surface area contributed by atoms with Crippen molar-refractivity contribution < 1.29 is 4.79 Å². The first-order chi connectivity index (χ1) is 9.13. The number of carbonyl (C=O) groups is 1. The fourth-order valence-electron chi connectivity index (χ4n) is 2.09. The number of aryl methyl sites for hydroxylation is 1. The Hall–Kier alpha value is -1.88. The molecule has 2 rings (SSSR count). The average Bonchev–Trinajstić information content (AvgIpc) is 2.73.